The van der Waals surface area contributed by atoms with Crippen molar-refractivity contribution >= 4 is 5.91 Å². The Kier molecular flexibility index (Phi) is 4.30. The number of nitrogens with one attached hydrogen (secondary N) is 1. The van der Waals surface area contributed by atoms with Crippen LogP contribution in [0.2, 0.25) is 0 Å². The number of primary amides is 1. The van der Waals surface area contributed by atoms with Gasteiger partial charge in [0, 0.05) is 12.1 Å². The fourth-order valence-electron chi connectivity index (χ4n) is 3.35. The highest BCUT2D eigenvalue weighted by Gasteiger charge is 2.32. The van der Waals surface area contributed by atoms with E-state index in [0.717, 1.165) is 12.8 Å². The summed E-state index contributed by atoms with van der Waals surface area (Å²) in [5.74, 6) is -0.891. The lowest BCUT2D eigenvalue weighted by molar-refractivity contribution is 0.0997. The number of phenols is 1. The van der Waals surface area contributed by atoms with E-state index in [2.05, 4.69) is 24.4 Å². The van der Waals surface area contributed by atoms with E-state index < -0.39 is 12.0 Å². The van der Waals surface area contributed by atoms with Crippen molar-refractivity contribution < 1.29 is 15.0 Å². The monoisotopic (exact) mass is 326 g/mol. The van der Waals surface area contributed by atoms with Gasteiger partial charge in [-0.05, 0) is 48.6 Å². The molecule has 0 radical (unpaired) electrons. The molecule has 1 atom stereocenters. The van der Waals surface area contributed by atoms with E-state index in [0.29, 0.717) is 12.1 Å². The van der Waals surface area contributed by atoms with Crippen LogP contribution in [0, 0.1) is 0 Å². The highest BCUT2D eigenvalue weighted by atomic mass is 16.3. The number of hydrogen-bond acceptors (Lipinski definition) is 4. The van der Waals surface area contributed by atoms with Gasteiger partial charge in [0.2, 0.25) is 0 Å². The number of fused-ring (bicyclic) bond motifs is 1. The molecule has 1 aliphatic rings. The first-order valence-electron chi connectivity index (χ1n) is 8.00. The van der Waals surface area contributed by atoms with Crippen LogP contribution in [-0.4, -0.2) is 28.2 Å². The summed E-state index contributed by atoms with van der Waals surface area (Å²) >= 11 is 0. The first-order valence-corrected chi connectivity index (χ1v) is 8.00. The molecule has 2 aromatic carbocycles. The van der Waals surface area contributed by atoms with Gasteiger partial charge in [0.25, 0.3) is 5.91 Å². The molecule has 0 aliphatic heterocycles. The van der Waals surface area contributed by atoms with E-state index in [9.17, 15) is 15.0 Å². The molecule has 0 heterocycles. The third-order valence-electron chi connectivity index (χ3n) is 4.67. The average molecular weight is 326 g/mol. The fourth-order valence-corrected chi connectivity index (χ4v) is 3.35. The van der Waals surface area contributed by atoms with E-state index in [4.69, 9.17) is 5.73 Å². The molecule has 0 unspecified atom stereocenters. The average Bonchev–Trinajstić information content (AvgIpc) is 2.89. The number of amides is 1. The summed E-state index contributed by atoms with van der Waals surface area (Å²) in [6.07, 6.45) is 1.04. The van der Waals surface area contributed by atoms with Crippen molar-refractivity contribution in [3.8, 4) is 5.75 Å². The lowest BCUT2D eigenvalue weighted by Gasteiger charge is -2.27. The van der Waals surface area contributed by atoms with Gasteiger partial charge in [0.1, 0.15) is 5.75 Å². The second-order valence-corrected chi connectivity index (χ2v) is 6.72. The van der Waals surface area contributed by atoms with Crippen LogP contribution < -0.4 is 11.1 Å². The number of benzene rings is 2. The standard InChI is InChI=1S/C19H22N2O3/c1-19(9-13-4-2-3-5-14(13)10-19)21-11-17(23)12-6-7-16(22)15(8-12)18(20)24/h2-8,17,21-23H,9-11H2,1H3,(H2,20,24)/t17-/m0/s1. The van der Waals surface area contributed by atoms with Crippen LogP contribution in [-0.2, 0) is 12.8 Å². The minimum absolute atomic E-state index is 0.0195. The second kappa shape index (κ2) is 6.26. The summed E-state index contributed by atoms with van der Waals surface area (Å²) in [6.45, 7) is 2.50. The Hall–Kier alpha value is -2.37. The third-order valence-corrected chi connectivity index (χ3v) is 4.67. The molecule has 2 aromatic rings. The molecule has 5 heteroatoms. The van der Waals surface area contributed by atoms with Gasteiger partial charge < -0.3 is 21.3 Å². The molecule has 3 rings (SSSR count). The van der Waals surface area contributed by atoms with Crippen molar-refractivity contribution in [2.45, 2.75) is 31.4 Å². The molecule has 1 aliphatic carbocycles. The fraction of sp³-hybridized carbons (Fsp3) is 0.316. The number of aliphatic hydroxyl groups excluding tert-OH is 1. The van der Waals surface area contributed by atoms with Crippen molar-refractivity contribution in [1.29, 1.82) is 0 Å². The molecular formula is C19H22N2O3. The number of nitrogens with two attached hydrogens (primary N) is 1. The van der Waals surface area contributed by atoms with Crippen LogP contribution >= 0.6 is 0 Å². The zero-order chi connectivity index (χ0) is 17.3. The Morgan fingerprint density at radius 3 is 2.46 bits per heavy atom. The highest BCUT2D eigenvalue weighted by molar-refractivity contribution is 5.95. The van der Waals surface area contributed by atoms with Gasteiger partial charge in [-0.3, -0.25) is 4.79 Å². The summed E-state index contributed by atoms with van der Waals surface area (Å²) in [6, 6.07) is 12.8. The molecule has 126 valence electrons. The van der Waals surface area contributed by atoms with E-state index in [1.54, 1.807) is 6.07 Å². The van der Waals surface area contributed by atoms with Crippen molar-refractivity contribution in [2.75, 3.05) is 6.54 Å². The minimum Gasteiger partial charge on any atom is -0.507 e. The van der Waals surface area contributed by atoms with Crippen LogP contribution in [0.15, 0.2) is 42.5 Å². The van der Waals surface area contributed by atoms with E-state index in [1.165, 1.54) is 23.3 Å². The van der Waals surface area contributed by atoms with Gasteiger partial charge in [-0.2, -0.15) is 0 Å². The van der Waals surface area contributed by atoms with Gasteiger partial charge in [0.05, 0.1) is 11.7 Å². The van der Waals surface area contributed by atoms with Crippen molar-refractivity contribution in [3.63, 3.8) is 0 Å². The lowest BCUT2D eigenvalue weighted by Crippen LogP contribution is -2.45. The maximum Gasteiger partial charge on any atom is 0.252 e. The molecule has 5 N–H and O–H groups in total. The normalized spacial score (nSPS) is 16.6. The highest BCUT2D eigenvalue weighted by Crippen LogP contribution is 2.30. The Labute approximate surface area is 141 Å². The summed E-state index contributed by atoms with van der Waals surface area (Å²) in [7, 11) is 0. The predicted molar refractivity (Wildman–Crippen MR) is 91.8 cm³/mol. The Balaban J connectivity index is 1.67. The second-order valence-electron chi connectivity index (χ2n) is 6.72. The molecule has 0 aromatic heterocycles. The van der Waals surface area contributed by atoms with Crippen LogP contribution in [0.1, 0.15) is 40.1 Å². The first-order chi connectivity index (χ1) is 11.4. The third kappa shape index (κ3) is 3.27. The summed E-state index contributed by atoms with van der Waals surface area (Å²) in [4.78, 5) is 11.3. The topological polar surface area (TPSA) is 95.6 Å². The predicted octanol–water partition coefficient (Wildman–Crippen LogP) is 1.67. The SMILES string of the molecule is CC1(NC[C@H](O)c2ccc(O)c(C(N)=O)c2)Cc2ccccc2C1. The smallest absolute Gasteiger partial charge is 0.252 e. The van der Waals surface area contributed by atoms with Gasteiger partial charge >= 0.3 is 0 Å². The van der Waals surface area contributed by atoms with Crippen LogP contribution in [0.25, 0.3) is 0 Å². The summed E-state index contributed by atoms with van der Waals surface area (Å²) in [5, 5.41) is 23.5. The van der Waals surface area contributed by atoms with Crippen molar-refractivity contribution in [1.82, 2.24) is 5.32 Å². The molecule has 0 spiro atoms. The maximum absolute atomic E-state index is 11.3. The van der Waals surface area contributed by atoms with Crippen LogP contribution in [0.3, 0.4) is 0 Å². The molecular weight excluding hydrogens is 304 g/mol. The van der Waals surface area contributed by atoms with E-state index in [1.807, 2.05) is 12.1 Å². The van der Waals surface area contributed by atoms with E-state index in [-0.39, 0.29) is 16.9 Å². The van der Waals surface area contributed by atoms with Gasteiger partial charge in [-0.1, -0.05) is 30.3 Å². The molecule has 0 fully saturated rings. The summed E-state index contributed by atoms with van der Waals surface area (Å²) in [5.41, 5.74) is 8.37. The molecule has 5 nitrogen and oxygen atoms in total. The molecule has 0 saturated carbocycles. The minimum atomic E-state index is -0.788. The molecule has 24 heavy (non-hydrogen) atoms. The largest absolute Gasteiger partial charge is 0.507 e. The van der Waals surface area contributed by atoms with Crippen molar-refractivity contribution in [2.24, 2.45) is 5.73 Å². The van der Waals surface area contributed by atoms with E-state index >= 15 is 0 Å². The Bertz CT molecular complexity index is 748. The number of hydrogen-bond donors (Lipinski definition) is 4. The van der Waals surface area contributed by atoms with Gasteiger partial charge in [0.15, 0.2) is 0 Å². The molecule has 1 amide bonds. The maximum atomic E-state index is 11.3. The molecule has 0 saturated heterocycles. The zero-order valence-electron chi connectivity index (χ0n) is 13.6. The number of carbonyl (C=O) groups excluding carboxylic acids is 1. The Morgan fingerprint density at radius 1 is 1.25 bits per heavy atom. The number of β-amino-alcohol motifs (C(OH)–C–C–N with tert-alkyl or cyclic N) is 1. The number of carbonyl (C=O) groups is 1. The van der Waals surface area contributed by atoms with Gasteiger partial charge in [-0.15, -0.1) is 0 Å². The van der Waals surface area contributed by atoms with Crippen LogP contribution in [0.4, 0.5) is 0 Å². The number of rotatable bonds is 5. The first kappa shape index (κ1) is 16.5. The molecule has 0 bridgehead atoms. The zero-order valence-corrected chi connectivity index (χ0v) is 13.6. The number of aliphatic hydroxyl groups is 1. The Morgan fingerprint density at radius 2 is 1.88 bits per heavy atom. The quantitative estimate of drug-likeness (QED) is 0.672. The van der Waals surface area contributed by atoms with Crippen molar-refractivity contribution in [3.05, 3.63) is 64.7 Å². The van der Waals surface area contributed by atoms with Crippen LogP contribution in [0.5, 0.6) is 5.75 Å². The lowest BCUT2D eigenvalue weighted by atomic mass is 9.97. The van der Waals surface area contributed by atoms with Gasteiger partial charge in [-0.25, -0.2) is 0 Å². The number of aromatic hydroxyl groups is 1. The summed E-state index contributed by atoms with van der Waals surface area (Å²) < 4.78 is 0.